The molecule has 1 heterocycles. The van der Waals surface area contributed by atoms with Crippen LogP contribution < -0.4 is 0 Å². The van der Waals surface area contributed by atoms with Crippen LogP contribution in [-0.2, 0) is 21.6 Å². The van der Waals surface area contributed by atoms with Gasteiger partial charge >= 0.3 is 0 Å². The SMILES string of the molecule is CCOC1(c2noc(CC(=O)CC)n2)CCCCC1. The summed E-state index contributed by atoms with van der Waals surface area (Å²) in [7, 11) is 0. The predicted octanol–water partition coefficient (Wildman–Crippen LogP) is 2.79. The minimum Gasteiger partial charge on any atom is -0.367 e. The monoisotopic (exact) mass is 266 g/mol. The molecule has 0 saturated heterocycles. The van der Waals surface area contributed by atoms with Crippen LogP contribution >= 0.6 is 0 Å². The maximum atomic E-state index is 11.4. The Morgan fingerprint density at radius 3 is 2.68 bits per heavy atom. The zero-order valence-corrected chi connectivity index (χ0v) is 11.8. The van der Waals surface area contributed by atoms with Gasteiger partial charge in [0.15, 0.2) is 0 Å². The molecule has 0 aliphatic heterocycles. The van der Waals surface area contributed by atoms with Gasteiger partial charge in [-0.05, 0) is 19.8 Å². The van der Waals surface area contributed by atoms with Crippen molar-refractivity contribution in [1.82, 2.24) is 10.1 Å². The molecule has 1 aromatic rings. The van der Waals surface area contributed by atoms with Gasteiger partial charge in [-0.2, -0.15) is 4.98 Å². The smallest absolute Gasteiger partial charge is 0.234 e. The number of carbonyl (C=O) groups excluding carboxylic acids is 1. The second kappa shape index (κ2) is 6.28. The molecule has 0 spiro atoms. The Morgan fingerprint density at radius 1 is 1.32 bits per heavy atom. The molecule has 106 valence electrons. The summed E-state index contributed by atoms with van der Waals surface area (Å²) in [5.41, 5.74) is -0.399. The van der Waals surface area contributed by atoms with Crippen LogP contribution in [0.3, 0.4) is 0 Å². The summed E-state index contributed by atoms with van der Waals surface area (Å²) in [6.07, 6.45) is 6.06. The van der Waals surface area contributed by atoms with Crippen LogP contribution in [0.1, 0.15) is 64.1 Å². The lowest BCUT2D eigenvalue weighted by Gasteiger charge is -2.33. The molecule has 0 aromatic carbocycles. The van der Waals surface area contributed by atoms with Gasteiger partial charge in [0.25, 0.3) is 0 Å². The van der Waals surface area contributed by atoms with Crippen molar-refractivity contribution in [2.75, 3.05) is 6.61 Å². The summed E-state index contributed by atoms with van der Waals surface area (Å²) in [5, 5.41) is 4.05. The Balaban J connectivity index is 2.15. The number of nitrogens with zero attached hydrogens (tertiary/aromatic N) is 2. The van der Waals surface area contributed by atoms with Crippen LogP contribution in [0, 0.1) is 0 Å². The number of ether oxygens (including phenoxy) is 1. The quantitative estimate of drug-likeness (QED) is 0.792. The highest BCUT2D eigenvalue weighted by molar-refractivity contribution is 5.79. The van der Waals surface area contributed by atoms with Gasteiger partial charge in [-0.3, -0.25) is 4.79 Å². The second-order valence-electron chi connectivity index (χ2n) is 5.07. The molecule has 0 atom stereocenters. The van der Waals surface area contributed by atoms with E-state index in [4.69, 9.17) is 9.26 Å². The number of carbonyl (C=O) groups is 1. The lowest BCUT2D eigenvalue weighted by Crippen LogP contribution is -2.33. The summed E-state index contributed by atoms with van der Waals surface area (Å²) >= 11 is 0. The zero-order valence-electron chi connectivity index (χ0n) is 11.8. The average Bonchev–Trinajstić information content (AvgIpc) is 2.89. The van der Waals surface area contributed by atoms with E-state index in [-0.39, 0.29) is 12.2 Å². The molecule has 0 amide bonds. The number of Topliss-reactive ketones (excluding diaryl/α,β-unsaturated/α-hetero) is 1. The molecular formula is C14H22N2O3. The highest BCUT2D eigenvalue weighted by atomic mass is 16.5. The largest absolute Gasteiger partial charge is 0.367 e. The summed E-state index contributed by atoms with van der Waals surface area (Å²) in [4.78, 5) is 15.8. The van der Waals surface area contributed by atoms with Crippen molar-refractivity contribution in [3.63, 3.8) is 0 Å². The van der Waals surface area contributed by atoms with Gasteiger partial charge in [0.2, 0.25) is 11.7 Å². The number of hydrogen-bond acceptors (Lipinski definition) is 5. The normalized spacial score (nSPS) is 18.4. The Labute approximate surface area is 113 Å². The first-order valence-electron chi connectivity index (χ1n) is 7.19. The van der Waals surface area contributed by atoms with Gasteiger partial charge in [0.05, 0.1) is 6.42 Å². The van der Waals surface area contributed by atoms with Gasteiger partial charge in [-0.15, -0.1) is 0 Å². The van der Waals surface area contributed by atoms with E-state index in [0.717, 1.165) is 25.7 Å². The van der Waals surface area contributed by atoms with Crippen LogP contribution in [0.2, 0.25) is 0 Å². The number of rotatable bonds is 6. The van der Waals surface area contributed by atoms with Gasteiger partial charge in [-0.25, -0.2) is 0 Å². The second-order valence-corrected chi connectivity index (χ2v) is 5.07. The van der Waals surface area contributed by atoms with E-state index in [1.807, 2.05) is 13.8 Å². The van der Waals surface area contributed by atoms with E-state index in [2.05, 4.69) is 10.1 Å². The van der Waals surface area contributed by atoms with Crippen molar-refractivity contribution >= 4 is 5.78 Å². The molecule has 1 fully saturated rings. The minimum absolute atomic E-state index is 0.115. The van der Waals surface area contributed by atoms with E-state index >= 15 is 0 Å². The summed E-state index contributed by atoms with van der Waals surface area (Å²) < 4.78 is 11.1. The van der Waals surface area contributed by atoms with E-state index < -0.39 is 5.60 Å². The third-order valence-electron chi connectivity index (χ3n) is 3.70. The molecule has 1 saturated carbocycles. The molecule has 2 rings (SSSR count). The molecular weight excluding hydrogens is 244 g/mol. The number of ketones is 1. The first-order valence-corrected chi connectivity index (χ1v) is 7.19. The van der Waals surface area contributed by atoms with Crippen LogP contribution in [0.15, 0.2) is 4.52 Å². The Morgan fingerprint density at radius 2 is 2.05 bits per heavy atom. The van der Waals surface area contributed by atoms with Crippen molar-refractivity contribution in [2.45, 2.75) is 64.4 Å². The topological polar surface area (TPSA) is 65.2 Å². The fourth-order valence-electron chi connectivity index (χ4n) is 2.64. The Hall–Kier alpha value is -1.23. The Bertz CT molecular complexity index is 417. The van der Waals surface area contributed by atoms with E-state index in [1.54, 1.807) is 0 Å². The van der Waals surface area contributed by atoms with Crippen molar-refractivity contribution < 1.29 is 14.1 Å². The van der Waals surface area contributed by atoms with E-state index in [0.29, 0.717) is 24.7 Å². The molecule has 19 heavy (non-hydrogen) atoms. The molecule has 1 aliphatic carbocycles. The van der Waals surface area contributed by atoms with Crippen LogP contribution in [0.25, 0.3) is 0 Å². The maximum Gasteiger partial charge on any atom is 0.234 e. The van der Waals surface area contributed by atoms with Crippen molar-refractivity contribution in [2.24, 2.45) is 0 Å². The van der Waals surface area contributed by atoms with Crippen LogP contribution in [-0.4, -0.2) is 22.5 Å². The van der Waals surface area contributed by atoms with Crippen molar-refractivity contribution in [1.29, 1.82) is 0 Å². The lowest BCUT2D eigenvalue weighted by atomic mass is 9.84. The summed E-state index contributed by atoms with van der Waals surface area (Å²) in [6, 6.07) is 0. The summed E-state index contributed by atoms with van der Waals surface area (Å²) in [5.74, 6) is 1.14. The first kappa shape index (κ1) is 14.2. The molecule has 0 radical (unpaired) electrons. The molecule has 0 unspecified atom stereocenters. The molecule has 1 aromatic heterocycles. The Kier molecular flexibility index (Phi) is 4.69. The number of aromatic nitrogens is 2. The maximum absolute atomic E-state index is 11.4. The fourth-order valence-corrected chi connectivity index (χ4v) is 2.64. The predicted molar refractivity (Wildman–Crippen MR) is 69.7 cm³/mol. The van der Waals surface area contributed by atoms with Crippen LogP contribution in [0.5, 0.6) is 0 Å². The first-order chi connectivity index (χ1) is 9.20. The highest BCUT2D eigenvalue weighted by Gasteiger charge is 2.39. The number of hydrogen-bond donors (Lipinski definition) is 0. The van der Waals surface area contributed by atoms with Gasteiger partial charge in [-0.1, -0.05) is 31.3 Å². The van der Waals surface area contributed by atoms with Crippen molar-refractivity contribution in [3.05, 3.63) is 11.7 Å². The lowest BCUT2D eigenvalue weighted by molar-refractivity contribution is -0.118. The van der Waals surface area contributed by atoms with E-state index in [9.17, 15) is 4.79 Å². The zero-order chi connectivity index (χ0) is 13.7. The van der Waals surface area contributed by atoms with Gasteiger partial charge < -0.3 is 9.26 Å². The third kappa shape index (κ3) is 3.21. The van der Waals surface area contributed by atoms with E-state index in [1.165, 1.54) is 6.42 Å². The van der Waals surface area contributed by atoms with Crippen LogP contribution in [0.4, 0.5) is 0 Å². The molecule has 5 nitrogen and oxygen atoms in total. The molecule has 0 N–H and O–H groups in total. The fraction of sp³-hybridized carbons (Fsp3) is 0.786. The van der Waals surface area contributed by atoms with Gasteiger partial charge in [0.1, 0.15) is 11.4 Å². The molecule has 1 aliphatic rings. The molecule has 5 heteroatoms. The minimum atomic E-state index is -0.399. The van der Waals surface area contributed by atoms with Crippen molar-refractivity contribution in [3.8, 4) is 0 Å². The molecule has 0 bridgehead atoms. The summed E-state index contributed by atoms with van der Waals surface area (Å²) in [6.45, 7) is 4.46. The average molecular weight is 266 g/mol. The third-order valence-corrected chi connectivity index (χ3v) is 3.70. The van der Waals surface area contributed by atoms with Gasteiger partial charge in [0, 0.05) is 13.0 Å². The standard InChI is InChI=1S/C14H22N2O3/c1-3-11(17)10-12-15-13(16-19-12)14(18-4-2)8-6-5-7-9-14/h3-10H2,1-2H3. The highest BCUT2D eigenvalue weighted by Crippen LogP contribution is 2.39.